The van der Waals surface area contributed by atoms with Crippen LogP contribution in [0.3, 0.4) is 0 Å². The van der Waals surface area contributed by atoms with Crippen molar-refractivity contribution >= 4 is 11.6 Å². The summed E-state index contributed by atoms with van der Waals surface area (Å²) in [5, 5.41) is 31.4. The molecule has 4 aliphatic carbocycles. The zero-order valence-electron chi connectivity index (χ0n) is 25.0. The number of carbonyl (C=O) groups is 2. The predicted octanol–water partition coefficient (Wildman–Crippen LogP) is 3.71. The second kappa shape index (κ2) is 10.1. The Kier molecular flexibility index (Phi) is 6.76. The highest BCUT2D eigenvalue weighted by Gasteiger charge is 2.75. The third-order valence-electron chi connectivity index (χ3n) is 11.8. The van der Waals surface area contributed by atoms with E-state index in [0.717, 1.165) is 40.8 Å². The molecule has 3 saturated carbocycles. The maximum atomic E-state index is 13.8. The molecule has 0 spiro atoms. The van der Waals surface area contributed by atoms with E-state index >= 15 is 0 Å². The Balaban J connectivity index is 1.19. The first-order valence-corrected chi connectivity index (χ1v) is 15.5. The van der Waals surface area contributed by atoms with E-state index in [1.54, 1.807) is 12.2 Å². The monoisotopic (exact) mass is 587 g/mol. The minimum atomic E-state index is -1.37. The lowest BCUT2D eigenvalue weighted by atomic mass is 9.46. The van der Waals surface area contributed by atoms with Gasteiger partial charge < -0.3 is 29.4 Å². The molecule has 5 aliphatic rings. The van der Waals surface area contributed by atoms with Crippen LogP contribution in [0.1, 0.15) is 68.2 Å². The number of aromatic nitrogens is 1. The molecule has 43 heavy (non-hydrogen) atoms. The van der Waals surface area contributed by atoms with Crippen molar-refractivity contribution in [3.63, 3.8) is 0 Å². The van der Waals surface area contributed by atoms with Gasteiger partial charge in [-0.3, -0.25) is 9.59 Å². The summed E-state index contributed by atoms with van der Waals surface area (Å²) < 4.78 is 15.4. The Morgan fingerprint density at radius 3 is 2.60 bits per heavy atom. The highest BCUT2D eigenvalue weighted by Crippen LogP contribution is 2.70. The van der Waals surface area contributed by atoms with Crippen molar-refractivity contribution in [3.05, 3.63) is 82.7 Å². The van der Waals surface area contributed by atoms with Gasteiger partial charge in [0.1, 0.15) is 6.61 Å². The van der Waals surface area contributed by atoms with Crippen LogP contribution in [-0.4, -0.2) is 55.9 Å². The van der Waals surface area contributed by atoms with Gasteiger partial charge in [0.2, 0.25) is 0 Å². The van der Waals surface area contributed by atoms with Crippen LogP contribution in [0, 0.1) is 28.6 Å². The third-order valence-corrected chi connectivity index (χ3v) is 11.8. The third kappa shape index (κ3) is 4.07. The van der Waals surface area contributed by atoms with Crippen LogP contribution in [0.2, 0.25) is 0 Å². The second-order valence-corrected chi connectivity index (χ2v) is 13.9. The van der Waals surface area contributed by atoms with Gasteiger partial charge in [-0.25, -0.2) is 0 Å². The van der Waals surface area contributed by atoms with Gasteiger partial charge in [0, 0.05) is 47.7 Å². The molecule has 0 amide bonds. The molecule has 8 nitrogen and oxygen atoms in total. The average molecular weight is 588 g/mol. The van der Waals surface area contributed by atoms with E-state index in [0.29, 0.717) is 19.3 Å². The van der Waals surface area contributed by atoms with E-state index in [1.807, 2.05) is 54.2 Å². The molecule has 1 aromatic carbocycles. The van der Waals surface area contributed by atoms with E-state index < -0.39 is 41.5 Å². The lowest BCUT2D eigenvalue weighted by Gasteiger charge is -2.59. The number of aliphatic hydroxyl groups is 3. The summed E-state index contributed by atoms with van der Waals surface area (Å²) in [6.07, 6.45) is 8.56. The highest BCUT2D eigenvalue weighted by molar-refractivity contribution is 6.01. The number of benzene rings is 1. The molecule has 1 aromatic heterocycles. The number of ether oxygens (including phenoxy) is 2. The molecular weight excluding hydrogens is 546 g/mol. The molecule has 1 saturated heterocycles. The van der Waals surface area contributed by atoms with Gasteiger partial charge in [0.25, 0.3) is 0 Å². The van der Waals surface area contributed by atoms with Crippen LogP contribution < -0.4 is 0 Å². The van der Waals surface area contributed by atoms with Crippen LogP contribution in [-0.2, 0) is 39.1 Å². The topological polar surface area (TPSA) is 118 Å². The fourth-order valence-corrected chi connectivity index (χ4v) is 9.75. The molecule has 4 fully saturated rings. The van der Waals surface area contributed by atoms with Crippen molar-refractivity contribution in [2.75, 3.05) is 6.61 Å². The van der Waals surface area contributed by atoms with Crippen LogP contribution in [0.5, 0.6) is 0 Å². The van der Waals surface area contributed by atoms with Crippen LogP contribution >= 0.6 is 0 Å². The molecule has 3 N–H and O–H groups in total. The zero-order valence-corrected chi connectivity index (χ0v) is 25.0. The van der Waals surface area contributed by atoms with Gasteiger partial charge in [0.15, 0.2) is 23.5 Å². The number of hydrogen-bond acceptors (Lipinski definition) is 7. The van der Waals surface area contributed by atoms with E-state index in [4.69, 9.17) is 9.47 Å². The minimum Gasteiger partial charge on any atom is -0.393 e. The first kappa shape index (κ1) is 28.9. The van der Waals surface area contributed by atoms with Crippen LogP contribution in [0.15, 0.2) is 60.3 Å². The van der Waals surface area contributed by atoms with Crippen molar-refractivity contribution in [3.8, 4) is 0 Å². The standard InChI is InChI=1S/C35H41NO7/c1-33-11-10-25(39)14-23(33)8-9-26-27-15-30-35(29(41)19-38,34(27,2)16-28(40)31(26)33)43-32(42-30)22-13-24(36(3)17-22)12-20-4-6-21(18-37)7-5-20/h4-7,10-11,13-14,17,26-28,30-32,37-38,40H,8-9,12,15-16,18-19H2,1-3H3/t26-,27-,28-,30+,31+,32+,33-,34-,35+/m0/s1. The molecule has 8 heteroatoms. The largest absolute Gasteiger partial charge is 0.393 e. The molecule has 0 bridgehead atoms. The molecule has 2 aromatic rings. The smallest absolute Gasteiger partial charge is 0.193 e. The van der Waals surface area contributed by atoms with E-state index in [9.17, 15) is 24.9 Å². The Hall–Kier alpha value is -2.88. The first-order chi connectivity index (χ1) is 20.5. The highest BCUT2D eigenvalue weighted by atomic mass is 16.7. The van der Waals surface area contributed by atoms with Crippen molar-refractivity contribution in [2.45, 2.75) is 76.7 Å². The van der Waals surface area contributed by atoms with Gasteiger partial charge in [-0.1, -0.05) is 49.8 Å². The Labute approximate surface area is 252 Å². The summed E-state index contributed by atoms with van der Waals surface area (Å²) in [4.78, 5) is 26.0. The van der Waals surface area contributed by atoms with Crippen LogP contribution in [0.25, 0.3) is 0 Å². The van der Waals surface area contributed by atoms with Gasteiger partial charge in [-0.05, 0) is 66.9 Å². The van der Waals surface area contributed by atoms with E-state index in [-0.39, 0.29) is 35.9 Å². The van der Waals surface area contributed by atoms with Crippen molar-refractivity contribution in [1.29, 1.82) is 0 Å². The quantitative estimate of drug-likeness (QED) is 0.472. The number of carbonyl (C=O) groups excluding carboxylic acids is 2. The van der Waals surface area contributed by atoms with Gasteiger partial charge in [-0.2, -0.15) is 0 Å². The average Bonchev–Trinajstić information content (AvgIpc) is 3.62. The number of nitrogens with zero attached hydrogens (tertiary/aromatic N) is 1. The summed E-state index contributed by atoms with van der Waals surface area (Å²) in [5.74, 6) is -0.287. The number of fused-ring (bicyclic) bond motifs is 7. The summed E-state index contributed by atoms with van der Waals surface area (Å²) >= 11 is 0. The molecule has 0 radical (unpaired) electrons. The number of rotatable bonds is 6. The number of aryl methyl sites for hydroxylation is 1. The molecule has 228 valence electrons. The summed E-state index contributed by atoms with van der Waals surface area (Å²) in [6, 6.07) is 9.90. The Bertz CT molecular complexity index is 1520. The van der Waals surface area contributed by atoms with E-state index in [2.05, 4.69) is 13.8 Å². The zero-order chi connectivity index (χ0) is 30.3. The first-order valence-electron chi connectivity index (χ1n) is 15.5. The number of allylic oxidation sites excluding steroid dienone is 4. The molecule has 9 atom stereocenters. The number of Topliss-reactive ketones (excluding diaryl/α,β-unsaturated/α-hetero) is 1. The molecule has 7 rings (SSSR count). The minimum absolute atomic E-state index is 0.000436. The fraction of sp³-hybridized carbons (Fsp3) is 0.543. The van der Waals surface area contributed by atoms with Gasteiger partial charge in [0.05, 0.1) is 18.8 Å². The normalized spacial score (nSPS) is 39.6. The van der Waals surface area contributed by atoms with Crippen molar-refractivity contribution < 1.29 is 34.4 Å². The lowest BCUT2D eigenvalue weighted by molar-refractivity contribution is -0.201. The number of hydrogen-bond donors (Lipinski definition) is 3. The van der Waals surface area contributed by atoms with Crippen LogP contribution in [0.4, 0.5) is 0 Å². The fourth-order valence-electron chi connectivity index (χ4n) is 9.75. The molecule has 1 aliphatic heterocycles. The summed E-state index contributed by atoms with van der Waals surface area (Å²) in [6.45, 7) is 3.54. The van der Waals surface area contributed by atoms with E-state index in [1.165, 1.54) is 0 Å². The van der Waals surface area contributed by atoms with Gasteiger partial charge >= 0.3 is 0 Å². The summed E-state index contributed by atoms with van der Waals surface area (Å²) in [5.41, 5.74) is 2.42. The number of aliphatic hydroxyl groups excluding tert-OH is 3. The van der Waals surface area contributed by atoms with Crippen molar-refractivity contribution in [1.82, 2.24) is 4.57 Å². The maximum absolute atomic E-state index is 13.8. The maximum Gasteiger partial charge on any atom is 0.193 e. The molecular formula is C35H41NO7. The lowest BCUT2D eigenvalue weighted by Crippen LogP contribution is -2.63. The number of ketones is 2. The van der Waals surface area contributed by atoms with Crippen molar-refractivity contribution in [2.24, 2.45) is 35.6 Å². The SMILES string of the molecule is Cn1cc([C@@H]2O[C@@H]3C[C@H]4[C@@H]5CCC6=CC(=O)C=C[C@]6(C)[C@H]5[C@@H](O)C[C@]4(C)[C@]3(C(=O)CO)O2)cc1Cc1ccc(CO)cc1. The molecule has 2 heterocycles. The van der Waals surface area contributed by atoms with Gasteiger partial charge in [-0.15, -0.1) is 0 Å². The Morgan fingerprint density at radius 1 is 1.14 bits per heavy atom. The Morgan fingerprint density at radius 2 is 1.88 bits per heavy atom. The predicted molar refractivity (Wildman–Crippen MR) is 157 cm³/mol. The second-order valence-electron chi connectivity index (χ2n) is 13.9. The summed E-state index contributed by atoms with van der Waals surface area (Å²) in [7, 11) is 1.97. The molecule has 0 unspecified atom stereocenters.